The number of primary amides is 1. The number of likely N-dealkylation sites (tertiary alicyclic amines) is 1. The van der Waals surface area contributed by atoms with Gasteiger partial charge in [-0.3, -0.25) is 14.4 Å². The molecule has 1 saturated carbocycles. The maximum Gasteiger partial charge on any atom is 0.270 e. The van der Waals surface area contributed by atoms with Gasteiger partial charge in [-0.15, -0.1) is 0 Å². The van der Waals surface area contributed by atoms with Crippen LogP contribution >= 0.6 is 11.3 Å². The van der Waals surface area contributed by atoms with Crippen molar-refractivity contribution in [1.29, 1.82) is 0 Å². The molecule has 10 heteroatoms. The van der Waals surface area contributed by atoms with Crippen LogP contribution in [0.25, 0.3) is 10.6 Å². The number of ether oxygens (including phenoxy) is 1. The Morgan fingerprint density at radius 2 is 2.12 bits per heavy atom. The van der Waals surface area contributed by atoms with E-state index in [1.54, 1.807) is 43.3 Å². The highest BCUT2D eigenvalue weighted by atomic mass is 32.1. The van der Waals surface area contributed by atoms with Crippen LogP contribution in [0.15, 0.2) is 24.3 Å². The summed E-state index contributed by atoms with van der Waals surface area (Å²) >= 11 is 1.11. The van der Waals surface area contributed by atoms with Crippen molar-refractivity contribution in [2.45, 2.75) is 44.4 Å². The number of hydrogen-bond acceptors (Lipinski definition) is 7. The molecule has 2 fully saturated rings. The van der Waals surface area contributed by atoms with Crippen LogP contribution in [0.4, 0.5) is 5.00 Å². The Labute approximate surface area is 202 Å². The van der Waals surface area contributed by atoms with Gasteiger partial charge in [0.2, 0.25) is 12.0 Å². The highest BCUT2D eigenvalue weighted by Gasteiger charge is 2.66. The molecule has 2 heterocycles. The zero-order valence-corrected chi connectivity index (χ0v) is 20.5. The molecule has 1 aliphatic heterocycles. The second-order valence-electron chi connectivity index (χ2n) is 9.06. The molecule has 0 bridgehead atoms. The summed E-state index contributed by atoms with van der Waals surface area (Å²) < 4.78 is 4.94. The first kappa shape index (κ1) is 25.4. The molecule has 1 saturated heterocycles. The van der Waals surface area contributed by atoms with Crippen molar-refractivity contribution in [2.24, 2.45) is 11.7 Å². The lowest BCUT2D eigenvalue weighted by atomic mass is 9.99. The molecule has 0 radical (unpaired) electrons. The molecule has 9 nitrogen and oxygen atoms in total. The quantitative estimate of drug-likeness (QED) is 0.448. The fraction of sp³-hybridized carbons (Fsp3) is 0.417. The molecule has 3 unspecified atom stereocenters. The fourth-order valence-electron chi connectivity index (χ4n) is 3.44. The zero-order chi connectivity index (χ0) is 25.3. The summed E-state index contributed by atoms with van der Waals surface area (Å²) in [5.74, 6) is 4.37. The summed E-state index contributed by atoms with van der Waals surface area (Å²) in [6.07, 6.45) is 1.21. The molecule has 4 rings (SSSR count). The lowest BCUT2D eigenvalue weighted by Gasteiger charge is -2.18. The monoisotopic (exact) mass is 484 g/mol. The van der Waals surface area contributed by atoms with Crippen molar-refractivity contribution in [3.05, 3.63) is 35.5 Å². The number of nitrogens with zero attached hydrogens (tertiary/aromatic N) is 2. The highest BCUT2D eigenvalue weighted by Crippen LogP contribution is 2.50. The number of carbonyl (C=O) groups excluding carboxylic acids is 3. The van der Waals surface area contributed by atoms with Gasteiger partial charge in [-0.2, -0.15) is 0 Å². The molecule has 4 N–H and O–H groups in total. The number of aromatic nitrogens is 1. The number of thiazole rings is 1. The third-order valence-electron chi connectivity index (χ3n) is 5.61. The number of carbonyl (C=O) groups is 3. The van der Waals surface area contributed by atoms with Gasteiger partial charge >= 0.3 is 0 Å². The van der Waals surface area contributed by atoms with Crippen LogP contribution in [0, 0.1) is 17.8 Å². The van der Waals surface area contributed by atoms with Crippen molar-refractivity contribution >= 4 is 34.6 Å². The van der Waals surface area contributed by atoms with Crippen LogP contribution < -0.4 is 11.1 Å². The van der Waals surface area contributed by atoms with Crippen LogP contribution in [0.2, 0.25) is 0 Å². The molecule has 180 valence electrons. The number of fused-ring (bicyclic) bond motifs is 1. The van der Waals surface area contributed by atoms with E-state index in [4.69, 9.17) is 10.5 Å². The second kappa shape index (κ2) is 9.54. The Bertz CT molecular complexity index is 1180. The number of rotatable bonds is 4. The van der Waals surface area contributed by atoms with Gasteiger partial charge in [0, 0.05) is 37.2 Å². The van der Waals surface area contributed by atoms with Crippen molar-refractivity contribution in [1.82, 2.24) is 9.88 Å². The highest BCUT2D eigenvalue weighted by molar-refractivity contribution is 7.19. The number of benzene rings is 1. The third kappa shape index (κ3) is 5.28. The number of anilines is 1. The topological polar surface area (TPSA) is 135 Å². The molecule has 2 aliphatic rings. The number of nitrogens with one attached hydrogen (secondary N) is 1. The minimum atomic E-state index is -1.64. The normalized spacial score (nSPS) is 22.6. The number of likely N-dealkylation sites (N-methyl/N-ethyl adjacent to an activating group) is 1. The van der Waals surface area contributed by atoms with Gasteiger partial charge < -0.3 is 25.8 Å². The van der Waals surface area contributed by atoms with Gasteiger partial charge in [-0.25, -0.2) is 4.98 Å². The number of aliphatic hydroxyl groups is 1. The average Bonchev–Trinajstić information content (AvgIpc) is 3.45. The summed E-state index contributed by atoms with van der Waals surface area (Å²) in [6, 6.07) is 7.09. The van der Waals surface area contributed by atoms with Crippen LogP contribution in [0.1, 0.15) is 43.2 Å². The minimum absolute atomic E-state index is 0.0164. The van der Waals surface area contributed by atoms with Crippen LogP contribution in [0.5, 0.6) is 0 Å². The molecular weight excluding hydrogens is 456 g/mol. The first-order valence-corrected chi connectivity index (χ1v) is 11.4. The van der Waals surface area contributed by atoms with Crippen molar-refractivity contribution in [2.75, 3.05) is 19.5 Å². The fourth-order valence-corrected chi connectivity index (χ4v) is 4.37. The summed E-state index contributed by atoms with van der Waals surface area (Å²) in [5, 5.41) is 13.9. The largest absolute Gasteiger partial charge is 0.379 e. The van der Waals surface area contributed by atoms with Gasteiger partial charge in [-0.05, 0) is 39.3 Å². The second-order valence-corrected chi connectivity index (χ2v) is 10.1. The zero-order valence-electron chi connectivity index (χ0n) is 19.7. The molecule has 3 amide bonds. The van der Waals surface area contributed by atoms with E-state index in [2.05, 4.69) is 22.1 Å². The smallest absolute Gasteiger partial charge is 0.270 e. The summed E-state index contributed by atoms with van der Waals surface area (Å²) in [6.45, 7) is 6.06. The van der Waals surface area contributed by atoms with E-state index in [-0.39, 0.29) is 34.2 Å². The lowest BCUT2D eigenvalue weighted by Crippen LogP contribution is -2.41. The number of methoxy groups -OCH3 is 1. The first-order chi connectivity index (χ1) is 15.9. The molecular formula is C24H28N4O5S. The van der Waals surface area contributed by atoms with E-state index >= 15 is 0 Å². The SMILES string of the molecule is CN1C(=O)C(O)(C#Cc2cccc(-c3nc(C(N)=O)c(NC=O)s3)c2)C2CC21.COC(C)(C)C. The van der Waals surface area contributed by atoms with Gasteiger partial charge in [-0.1, -0.05) is 35.3 Å². The number of amides is 3. The van der Waals surface area contributed by atoms with Crippen LogP contribution in [-0.4, -0.2) is 64.6 Å². The Kier molecular flexibility index (Phi) is 7.12. The minimum Gasteiger partial charge on any atom is -0.379 e. The molecule has 1 aromatic carbocycles. The summed E-state index contributed by atoms with van der Waals surface area (Å²) in [5.41, 5.74) is 4.95. The van der Waals surface area contributed by atoms with Crippen LogP contribution in [-0.2, 0) is 14.3 Å². The molecule has 34 heavy (non-hydrogen) atoms. The third-order valence-corrected chi connectivity index (χ3v) is 6.64. The summed E-state index contributed by atoms with van der Waals surface area (Å²) in [7, 11) is 3.39. The summed E-state index contributed by atoms with van der Waals surface area (Å²) in [4.78, 5) is 40.2. The maximum absolute atomic E-state index is 12.2. The Morgan fingerprint density at radius 1 is 1.44 bits per heavy atom. The van der Waals surface area contributed by atoms with Crippen molar-refractivity contribution in [3.63, 3.8) is 0 Å². The average molecular weight is 485 g/mol. The molecule has 1 aromatic heterocycles. The molecule has 0 spiro atoms. The van der Waals surface area contributed by atoms with E-state index in [0.717, 1.165) is 17.8 Å². The van der Waals surface area contributed by atoms with E-state index in [0.29, 0.717) is 22.5 Å². The Balaban J connectivity index is 0.000000481. The van der Waals surface area contributed by atoms with Gasteiger partial charge in [0.15, 0.2) is 5.69 Å². The molecule has 2 aromatic rings. The van der Waals surface area contributed by atoms with E-state index < -0.39 is 11.5 Å². The maximum atomic E-state index is 12.2. The standard InChI is InChI=1S/C19H16N4O4S.C5H12O/c1-23-13-8-12(13)19(27,18(23)26)6-5-10-3-2-4-11(7-10)16-22-14(15(20)25)17(28-16)21-9-24;1-5(2,3)6-4/h2-4,7,9,12-13,27H,8H2,1H3,(H2,20,25)(H,21,24);1-4H3. The molecule has 1 aliphatic carbocycles. The molecule has 3 atom stereocenters. The van der Waals surface area contributed by atoms with Crippen LogP contribution in [0.3, 0.4) is 0 Å². The number of piperidine rings is 1. The van der Waals surface area contributed by atoms with Gasteiger partial charge in [0.1, 0.15) is 10.0 Å². The van der Waals surface area contributed by atoms with E-state index in [9.17, 15) is 19.5 Å². The number of nitrogens with two attached hydrogens (primary N) is 1. The van der Waals surface area contributed by atoms with Gasteiger partial charge in [0.25, 0.3) is 11.8 Å². The lowest BCUT2D eigenvalue weighted by molar-refractivity contribution is -0.140. The van der Waals surface area contributed by atoms with Gasteiger partial charge in [0.05, 0.1) is 5.60 Å². The number of hydrogen-bond donors (Lipinski definition) is 3. The van der Waals surface area contributed by atoms with E-state index in [1.165, 1.54) is 0 Å². The van der Waals surface area contributed by atoms with E-state index in [1.807, 2.05) is 20.8 Å². The first-order valence-electron chi connectivity index (χ1n) is 10.6. The Morgan fingerprint density at radius 3 is 2.65 bits per heavy atom. The Hall–Kier alpha value is -3.26. The predicted octanol–water partition coefficient (Wildman–Crippen LogP) is 1.85. The van der Waals surface area contributed by atoms with Crippen molar-refractivity contribution in [3.8, 4) is 22.4 Å². The predicted molar refractivity (Wildman–Crippen MR) is 129 cm³/mol. The van der Waals surface area contributed by atoms with Crippen molar-refractivity contribution < 1.29 is 24.2 Å².